The normalized spacial score (nSPS) is 17.8. The maximum atomic E-state index is 12.4. The molecule has 2 aromatic rings. The largest absolute Gasteiger partial charge is 0.477 e. The molecule has 1 atom stereocenters. The number of hydrogen-bond acceptors (Lipinski definition) is 6. The van der Waals surface area contributed by atoms with Crippen LogP contribution in [0.2, 0.25) is 0 Å². The van der Waals surface area contributed by atoms with E-state index in [4.69, 9.17) is 9.47 Å². The molecule has 23 heavy (non-hydrogen) atoms. The van der Waals surface area contributed by atoms with Gasteiger partial charge in [0.1, 0.15) is 6.10 Å². The fraction of sp³-hybridized carbons (Fsp3) is 0.438. The molecule has 2 aromatic heterocycles. The highest BCUT2D eigenvalue weighted by atomic mass is 32.1. The number of nitrogens with zero attached hydrogens (tertiary/aromatic N) is 3. The maximum absolute atomic E-state index is 12.4. The highest BCUT2D eigenvalue weighted by Gasteiger charge is 2.26. The van der Waals surface area contributed by atoms with Crippen LogP contribution in [0.3, 0.4) is 0 Å². The van der Waals surface area contributed by atoms with Crippen LogP contribution in [0.15, 0.2) is 29.9 Å². The van der Waals surface area contributed by atoms with Gasteiger partial charge < -0.3 is 14.4 Å². The molecule has 122 valence electrons. The number of aromatic nitrogens is 2. The predicted molar refractivity (Wildman–Crippen MR) is 86.8 cm³/mol. The second kappa shape index (κ2) is 7.41. The van der Waals surface area contributed by atoms with Crippen molar-refractivity contribution in [2.75, 3.05) is 20.2 Å². The molecule has 0 bridgehead atoms. The van der Waals surface area contributed by atoms with Gasteiger partial charge in [0.2, 0.25) is 5.91 Å². The van der Waals surface area contributed by atoms with Crippen LogP contribution >= 0.6 is 11.3 Å². The molecule has 0 saturated carbocycles. The lowest BCUT2D eigenvalue weighted by Crippen LogP contribution is -2.45. The van der Waals surface area contributed by atoms with Crippen LogP contribution < -0.4 is 9.47 Å². The van der Waals surface area contributed by atoms with Gasteiger partial charge in [-0.05, 0) is 24.3 Å². The Morgan fingerprint density at radius 1 is 1.39 bits per heavy atom. The Morgan fingerprint density at radius 2 is 2.22 bits per heavy atom. The van der Waals surface area contributed by atoms with Crippen molar-refractivity contribution < 1.29 is 14.3 Å². The first-order valence-electron chi connectivity index (χ1n) is 7.58. The fourth-order valence-corrected chi connectivity index (χ4v) is 3.32. The molecular weight excluding hydrogens is 314 g/mol. The van der Waals surface area contributed by atoms with E-state index in [0.29, 0.717) is 24.7 Å². The molecule has 1 amide bonds. The van der Waals surface area contributed by atoms with Crippen molar-refractivity contribution in [1.82, 2.24) is 14.9 Å². The van der Waals surface area contributed by atoms with Crippen LogP contribution in [-0.2, 0) is 11.2 Å². The number of amides is 1. The second-order valence-electron chi connectivity index (χ2n) is 5.35. The second-order valence-corrected chi connectivity index (χ2v) is 6.38. The topological polar surface area (TPSA) is 64.6 Å². The molecule has 3 rings (SSSR count). The first-order chi connectivity index (χ1) is 11.3. The summed E-state index contributed by atoms with van der Waals surface area (Å²) in [7, 11) is 1.54. The number of piperidine rings is 1. The van der Waals surface area contributed by atoms with E-state index >= 15 is 0 Å². The van der Waals surface area contributed by atoms with Gasteiger partial charge in [-0.2, -0.15) is 0 Å². The van der Waals surface area contributed by atoms with E-state index in [0.717, 1.165) is 24.3 Å². The van der Waals surface area contributed by atoms with Crippen molar-refractivity contribution in [2.24, 2.45) is 0 Å². The summed E-state index contributed by atoms with van der Waals surface area (Å²) in [6.45, 7) is 1.35. The van der Waals surface area contributed by atoms with Crippen LogP contribution in [0.5, 0.6) is 11.8 Å². The van der Waals surface area contributed by atoms with Gasteiger partial charge in [-0.1, -0.05) is 6.07 Å². The highest BCUT2D eigenvalue weighted by Crippen LogP contribution is 2.24. The summed E-state index contributed by atoms with van der Waals surface area (Å²) in [6, 6.07) is 3.96. The van der Waals surface area contributed by atoms with Crippen molar-refractivity contribution in [3.05, 3.63) is 34.8 Å². The predicted octanol–water partition coefficient (Wildman–Crippen LogP) is 2.16. The number of carbonyl (C=O) groups is 1. The molecule has 6 nitrogen and oxygen atoms in total. The smallest absolute Gasteiger partial charge is 0.278 e. The summed E-state index contributed by atoms with van der Waals surface area (Å²) >= 11 is 1.61. The summed E-state index contributed by atoms with van der Waals surface area (Å²) in [5.41, 5.74) is 0. The van der Waals surface area contributed by atoms with E-state index in [1.54, 1.807) is 23.7 Å². The van der Waals surface area contributed by atoms with Crippen molar-refractivity contribution in [3.63, 3.8) is 0 Å². The zero-order valence-electron chi connectivity index (χ0n) is 13.0. The van der Waals surface area contributed by atoms with Crippen molar-refractivity contribution in [2.45, 2.75) is 25.4 Å². The first kappa shape index (κ1) is 15.7. The van der Waals surface area contributed by atoms with Crippen LogP contribution in [0, 0.1) is 0 Å². The molecule has 0 radical (unpaired) electrons. The van der Waals surface area contributed by atoms with Gasteiger partial charge in [0.25, 0.3) is 11.8 Å². The number of rotatable bonds is 5. The molecule has 3 heterocycles. The van der Waals surface area contributed by atoms with Gasteiger partial charge in [0, 0.05) is 23.8 Å². The van der Waals surface area contributed by atoms with Gasteiger partial charge in [-0.25, -0.2) is 9.97 Å². The highest BCUT2D eigenvalue weighted by molar-refractivity contribution is 7.10. The summed E-state index contributed by atoms with van der Waals surface area (Å²) in [5.74, 6) is 0.897. The van der Waals surface area contributed by atoms with Crippen LogP contribution in [-0.4, -0.2) is 47.1 Å². The van der Waals surface area contributed by atoms with Gasteiger partial charge in [0.15, 0.2) is 0 Å². The Hall–Kier alpha value is -2.15. The SMILES string of the molecule is COc1nccnc1OC1CCCN(C(=O)Cc2cccs2)C1. The third-order valence-corrected chi connectivity index (χ3v) is 4.62. The Balaban J connectivity index is 1.60. The van der Waals surface area contributed by atoms with E-state index in [1.165, 1.54) is 7.11 Å². The van der Waals surface area contributed by atoms with Crippen molar-refractivity contribution >= 4 is 17.2 Å². The maximum Gasteiger partial charge on any atom is 0.278 e. The van der Waals surface area contributed by atoms with E-state index in [1.807, 2.05) is 22.4 Å². The Bertz CT molecular complexity index is 648. The van der Waals surface area contributed by atoms with E-state index in [9.17, 15) is 4.79 Å². The first-order valence-corrected chi connectivity index (χ1v) is 8.46. The number of thiophene rings is 1. The molecule has 1 saturated heterocycles. The lowest BCUT2D eigenvalue weighted by molar-refractivity contribution is -0.133. The van der Waals surface area contributed by atoms with Crippen LogP contribution in [0.4, 0.5) is 0 Å². The number of methoxy groups -OCH3 is 1. The summed E-state index contributed by atoms with van der Waals surface area (Å²) in [6.07, 6.45) is 5.32. The Labute approximate surface area is 139 Å². The third-order valence-electron chi connectivity index (χ3n) is 3.74. The lowest BCUT2D eigenvalue weighted by Gasteiger charge is -2.32. The van der Waals surface area contributed by atoms with Crippen LogP contribution in [0.1, 0.15) is 17.7 Å². The zero-order chi connectivity index (χ0) is 16.1. The minimum atomic E-state index is -0.0818. The number of likely N-dealkylation sites (tertiary alicyclic amines) is 1. The molecule has 0 aromatic carbocycles. The Morgan fingerprint density at radius 3 is 2.96 bits per heavy atom. The molecule has 0 N–H and O–H groups in total. The quantitative estimate of drug-likeness (QED) is 0.839. The van der Waals surface area contributed by atoms with Crippen LogP contribution in [0.25, 0.3) is 0 Å². The van der Waals surface area contributed by atoms with Gasteiger partial charge >= 0.3 is 0 Å². The molecule has 7 heteroatoms. The van der Waals surface area contributed by atoms with Gasteiger partial charge in [0.05, 0.1) is 20.1 Å². The summed E-state index contributed by atoms with van der Waals surface area (Å²) < 4.78 is 11.1. The molecule has 1 unspecified atom stereocenters. The lowest BCUT2D eigenvalue weighted by atomic mass is 10.1. The van der Waals surface area contributed by atoms with Gasteiger partial charge in [-0.15, -0.1) is 11.3 Å². The average Bonchev–Trinajstić information content (AvgIpc) is 3.08. The standard InChI is InChI=1S/C16H19N3O3S/c1-21-15-16(18-7-6-17-15)22-12-4-2-8-19(11-12)14(20)10-13-5-3-9-23-13/h3,5-7,9,12H,2,4,8,10-11H2,1H3. The Kier molecular flexibility index (Phi) is 5.07. The monoisotopic (exact) mass is 333 g/mol. The summed E-state index contributed by atoms with van der Waals surface area (Å²) in [4.78, 5) is 23.6. The average molecular weight is 333 g/mol. The molecule has 1 aliphatic rings. The molecule has 1 aliphatic heterocycles. The molecular formula is C16H19N3O3S. The third kappa shape index (κ3) is 3.98. The minimum absolute atomic E-state index is 0.0818. The zero-order valence-corrected chi connectivity index (χ0v) is 13.8. The van der Waals surface area contributed by atoms with E-state index in [-0.39, 0.29) is 12.0 Å². The molecule has 0 spiro atoms. The van der Waals surface area contributed by atoms with Gasteiger partial charge in [-0.3, -0.25) is 4.79 Å². The van der Waals surface area contributed by atoms with Crippen molar-refractivity contribution in [3.8, 4) is 11.8 Å². The number of carbonyl (C=O) groups excluding carboxylic acids is 1. The number of ether oxygens (including phenoxy) is 2. The number of hydrogen-bond donors (Lipinski definition) is 0. The minimum Gasteiger partial charge on any atom is -0.477 e. The van der Waals surface area contributed by atoms with Crippen molar-refractivity contribution in [1.29, 1.82) is 0 Å². The fourth-order valence-electron chi connectivity index (χ4n) is 2.63. The van der Waals surface area contributed by atoms with E-state index in [2.05, 4.69) is 9.97 Å². The van der Waals surface area contributed by atoms with E-state index < -0.39 is 0 Å². The molecule has 1 fully saturated rings. The summed E-state index contributed by atoms with van der Waals surface area (Å²) in [5, 5.41) is 1.99. The molecule has 0 aliphatic carbocycles.